The van der Waals surface area contributed by atoms with E-state index in [0.29, 0.717) is 23.4 Å². The fraction of sp³-hybridized carbons (Fsp3) is 0.476. The van der Waals surface area contributed by atoms with Crippen LogP contribution in [0.25, 0.3) is 11.4 Å². The van der Waals surface area contributed by atoms with Crippen molar-refractivity contribution in [2.45, 2.75) is 62.5 Å². The Morgan fingerprint density at radius 2 is 2.07 bits per heavy atom. The lowest BCUT2D eigenvalue weighted by Crippen LogP contribution is -2.44. The monoisotopic (exact) mass is 402 g/mol. The highest BCUT2D eigenvalue weighted by molar-refractivity contribution is 8.00. The summed E-state index contributed by atoms with van der Waals surface area (Å²) in [6, 6.07) is 6.40. The zero-order valence-corrected chi connectivity index (χ0v) is 17.2. The van der Waals surface area contributed by atoms with Gasteiger partial charge in [-0.3, -0.25) is 9.36 Å². The molecule has 0 unspecified atom stereocenters. The zero-order valence-electron chi connectivity index (χ0n) is 16.4. The summed E-state index contributed by atoms with van der Waals surface area (Å²) in [5, 5.41) is 12.1. The van der Waals surface area contributed by atoms with Crippen LogP contribution in [-0.4, -0.2) is 32.0 Å². The largest absolute Gasteiger partial charge is 0.352 e. The van der Waals surface area contributed by atoms with Gasteiger partial charge in [0.2, 0.25) is 5.91 Å². The molecule has 1 heterocycles. The van der Waals surface area contributed by atoms with Crippen LogP contribution in [0.4, 0.5) is 4.39 Å². The number of nitrogens with zero attached hydrogens (tertiary/aromatic N) is 3. The highest BCUT2D eigenvalue weighted by Gasteiger charge is 2.26. The second-order valence-electron chi connectivity index (χ2n) is 7.35. The van der Waals surface area contributed by atoms with Gasteiger partial charge in [0.15, 0.2) is 11.0 Å². The van der Waals surface area contributed by atoms with Crippen molar-refractivity contribution in [1.29, 1.82) is 0 Å². The minimum atomic E-state index is -0.296. The molecule has 1 aliphatic carbocycles. The minimum Gasteiger partial charge on any atom is -0.352 e. The first-order chi connectivity index (χ1) is 13.5. The third-order valence-corrected chi connectivity index (χ3v) is 6.30. The fourth-order valence-corrected chi connectivity index (χ4v) is 4.39. The number of hydrogen-bond acceptors (Lipinski definition) is 4. The van der Waals surface area contributed by atoms with E-state index in [0.717, 1.165) is 12.0 Å². The number of carbonyl (C=O) groups excluding carboxylic acids is 1. The van der Waals surface area contributed by atoms with Crippen LogP contribution in [0.2, 0.25) is 0 Å². The van der Waals surface area contributed by atoms with E-state index >= 15 is 0 Å². The van der Waals surface area contributed by atoms with E-state index in [4.69, 9.17) is 0 Å². The fourth-order valence-electron chi connectivity index (χ4n) is 3.52. The van der Waals surface area contributed by atoms with Crippen molar-refractivity contribution in [3.8, 4) is 11.4 Å². The Balaban J connectivity index is 1.73. The van der Waals surface area contributed by atoms with Gasteiger partial charge < -0.3 is 5.32 Å². The molecule has 1 fully saturated rings. The number of halogens is 1. The first kappa shape index (κ1) is 20.6. The molecule has 7 heteroatoms. The summed E-state index contributed by atoms with van der Waals surface area (Å²) in [4.78, 5) is 12.7. The number of allylic oxidation sites excluding steroid dienone is 1. The molecule has 28 heavy (non-hydrogen) atoms. The Bertz CT molecular complexity index is 820. The van der Waals surface area contributed by atoms with Gasteiger partial charge in [-0.1, -0.05) is 37.6 Å². The van der Waals surface area contributed by atoms with Crippen molar-refractivity contribution in [3.63, 3.8) is 0 Å². The minimum absolute atomic E-state index is 0.0280. The molecule has 150 valence electrons. The molecule has 1 aromatic heterocycles. The molecular formula is C21H27FN4OS. The van der Waals surface area contributed by atoms with E-state index in [1.165, 1.54) is 43.2 Å². The van der Waals surface area contributed by atoms with Crippen LogP contribution in [0.5, 0.6) is 0 Å². The van der Waals surface area contributed by atoms with Gasteiger partial charge in [0.1, 0.15) is 5.82 Å². The Kier molecular flexibility index (Phi) is 6.88. The van der Waals surface area contributed by atoms with E-state index in [2.05, 4.69) is 29.0 Å². The van der Waals surface area contributed by atoms with Gasteiger partial charge in [-0.2, -0.15) is 0 Å². The van der Waals surface area contributed by atoms with Crippen LogP contribution in [-0.2, 0) is 11.3 Å². The standard InChI is InChI=1S/C21H27FN4OS/c1-4-13-26-19(16-9-11-17(22)12-10-16)24-25-21(26)28-15(3)20(27)23-18-8-6-5-7-14(18)2/h4,9-12,14-15,18H,1,5-8,13H2,2-3H3,(H,23,27)/t14-,15-,18+/m1/s1. The second kappa shape index (κ2) is 9.37. The Morgan fingerprint density at radius 3 is 2.75 bits per heavy atom. The van der Waals surface area contributed by atoms with Crippen molar-refractivity contribution in [2.75, 3.05) is 0 Å². The lowest BCUT2D eigenvalue weighted by molar-refractivity contribution is -0.121. The van der Waals surface area contributed by atoms with Gasteiger partial charge in [-0.25, -0.2) is 4.39 Å². The quantitative estimate of drug-likeness (QED) is 0.549. The van der Waals surface area contributed by atoms with Crippen LogP contribution < -0.4 is 5.32 Å². The summed E-state index contributed by atoms with van der Waals surface area (Å²) in [5.41, 5.74) is 0.774. The van der Waals surface area contributed by atoms with E-state index in [9.17, 15) is 9.18 Å². The Hall–Kier alpha value is -2.15. The average molecular weight is 403 g/mol. The maximum Gasteiger partial charge on any atom is 0.233 e. The van der Waals surface area contributed by atoms with E-state index in [1.807, 2.05) is 11.5 Å². The average Bonchev–Trinajstić information content (AvgIpc) is 3.07. The SMILES string of the molecule is C=CCn1c(S[C@H](C)C(=O)N[C@H]2CCCC[C@H]2C)nnc1-c1ccc(F)cc1. The number of nitrogens with one attached hydrogen (secondary N) is 1. The number of thioether (sulfide) groups is 1. The van der Waals surface area contributed by atoms with Gasteiger partial charge in [0.05, 0.1) is 5.25 Å². The molecule has 2 aromatic rings. The molecule has 0 spiro atoms. The molecule has 3 rings (SSSR count). The van der Waals surface area contributed by atoms with Gasteiger partial charge in [0.25, 0.3) is 0 Å². The molecule has 1 N–H and O–H groups in total. The first-order valence-corrected chi connectivity index (χ1v) is 10.6. The molecule has 0 saturated heterocycles. The van der Waals surface area contributed by atoms with Crippen LogP contribution in [0.3, 0.4) is 0 Å². The molecular weight excluding hydrogens is 375 g/mol. The van der Waals surface area contributed by atoms with E-state index < -0.39 is 0 Å². The predicted octanol–water partition coefficient (Wildman–Crippen LogP) is 4.45. The maximum atomic E-state index is 13.2. The molecule has 0 radical (unpaired) electrons. The number of benzene rings is 1. The normalized spacial score (nSPS) is 20.5. The van der Waals surface area contributed by atoms with Crippen LogP contribution in [0, 0.1) is 11.7 Å². The highest BCUT2D eigenvalue weighted by Crippen LogP contribution is 2.28. The van der Waals surface area contributed by atoms with Crippen LogP contribution in [0.1, 0.15) is 39.5 Å². The molecule has 1 amide bonds. The number of amides is 1. The van der Waals surface area contributed by atoms with Crippen molar-refractivity contribution in [3.05, 3.63) is 42.7 Å². The number of hydrogen-bond donors (Lipinski definition) is 1. The molecule has 0 bridgehead atoms. The van der Waals surface area contributed by atoms with Gasteiger partial charge in [-0.15, -0.1) is 16.8 Å². The lowest BCUT2D eigenvalue weighted by atomic mass is 9.86. The van der Waals surface area contributed by atoms with Gasteiger partial charge in [-0.05, 0) is 49.9 Å². The number of aromatic nitrogens is 3. The molecule has 0 aliphatic heterocycles. The second-order valence-corrected chi connectivity index (χ2v) is 8.66. The lowest BCUT2D eigenvalue weighted by Gasteiger charge is -2.30. The van der Waals surface area contributed by atoms with Crippen molar-refractivity contribution in [2.24, 2.45) is 5.92 Å². The van der Waals surface area contributed by atoms with Gasteiger partial charge >= 0.3 is 0 Å². The van der Waals surface area contributed by atoms with Crippen molar-refractivity contribution >= 4 is 17.7 Å². The van der Waals surface area contributed by atoms with Crippen LogP contribution in [0.15, 0.2) is 42.1 Å². The third-order valence-electron chi connectivity index (χ3n) is 5.22. The van der Waals surface area contributed by atoms with E-state index in [1.54, 1.807) is 18.2 Å². The zero-order chi connectivity index (χ0) is 20.1. The number of carbonyl (C=O) groups is 1. The number of rotatable bonds is 7. The summed E-state index contributed by atoms with van der Waals surface area (Å²) in [5.74, 6) is 0.885. The first-order valence-electron chi connectivity index (χ1n) is 9.76. The molecule has 1 saturated carbocycles. The third kappa shape index (κ3) is 4.82. The Labute approximate surface area is 169 Å². The summed E-state index contributed by atoms with van der Waals surface area (Å²) in [6.07, 6.45) is 6.39. The molecule has 1 aromatic carbocycles. The highest BCUT2D eigenvalue weighted by atomic mass is 32.2. The predicted molar refractivity (Wildman–Crippen MR) is 110 cm³/mol. The molecule has 1 aliphatic rings. The summed E-state index contributed by atoms with van der Waals surface area (Å²) < 4.78 is 15.1. The van der Waals surface area contributed by atoms with Gasteiger partial charge in [0, 0.05) is 18.2 Å². The summed E-state index contributed by atoms with van der Waals surface area (Å²) >= 11 is 1.38. The molecule has 3 atom stereocenters. The summed E-state index contributed by atoms with van der Waals surface area (Å²) in [7, 11) is 0. The molecule has 5 nitrogen and oxygen atoms in total. The topological polar surface area (TPSA) is 59.8 Å². The van der Waals surface area contributed by atoms with E-state index in [-0.39, 0.29) is 23.0 Å². The van der Waals surface area contributed by atoms with Crippen molar-refractivity contribution in [1.82, 2.24) is 20.1 Å². The summed E-state index contributed by atoms with van der Waals surface area (Å²) in [6.45, 7) is 8.40. The van der Waals surface area contributed by atoms with Crippen molar-refractivity contribution < 1.29 is 9.18 Å². The maximum absolute atomic E-state index is 13.2. The Morgan fingerprint density at radius 1 is 1.36 bits per heavy atom. The smallest absolute Gasteiger partial charge is 0.233 e. The van der Waals surface area contributed by atoms with Crippen LogP contribution >= 0.6 is 11.8 Å².